The van der Waals surface area contributed by atoms with Gasteiger partial charge >= 0.3 is 5.97 Å². The monoisotopic (exact) mass is 298 g/mol. The molecule has 0 saturated heterocycles. The first-order valence-corrected chi connectivity index (χ1v) is 6.99. The van der Waals surface area contributed by atoms with E-state index in [0.29, 0.717) is 22.9 Å². The summed E-state index contributed by atoms with van der Waals surface area (Å²) in [6, 6.07) is 6.03. The fraction of sp³-hybridized carbons (Fsp3) is 0.312. The number of imidazole rings is 1. The van der Waals surface area contributed by atoms with Gasteiger partial charge in [-0.25, -0.2) is 9.78 Å². The maximum atomic E-state index is 11.0. The third-order valence-electron chi connectivity index (χ3n) is 3.34. The van der Waals surface area contributed by atoms with Gasteiger partial charge in [-0.3, -0.25) is 0 Å². The quantitative estimate of drug-likeness (QED) is 0.885. The molecule has 2 aromatic rings. The number of hydrogen-bond donors (Lipinski definition) is 2. The summed E-state index contributed by atoms with van der Waals surface area (Å²) in [5, 5.41) is 21.5. The van der Waals surface area contributed by atoms with Gasteiger partial charge < -0.3 is 15.0 Å². The SMILES string of the molecule is CNc1c(-n2cnc(C(=O)O)c2)ccc(CC(C)C)c1C#N. The van der Waals surface area contributed by atoms with Crippen LogP contribution >= 0.6 is 0 Å². The summed E-state index contributed by atoms with van der Waals surface area (Å²) in [6.45, 7) is 4.20. The lowest BCUT2D eigenvalue weighted by Gasteiger charge is -2.16. The number of hydrogen-bond acceptors (Lipinski definition) is 4. The maximum Gasteiger partial charge on any atom is 0.356 e. The fourth-order valence-corrected chi connectivity index (χ4v) is 2.41. The molecule has 0 spiro atoms. The highest BCUT2D eigenvalue weighted by molar-refractivity contribution is 5.85. The minimum atomic E-state index is -1.08. The number of anilines is 1. The second kappa shape index (κ2) is 6.31. The van der Waals surface area contributed by atoms with Crippen LogP contribution in [0.3, 0.4) is 0 Å². The molecule has 6 nitrogen and oxygen atoms in total. The van der Waals surface area contributed by atoms with Crippen molar-refractivity contribution in [3.8, 4) is 11.8 Å². The van der Waals surface area contributed by atoms with E-state index in [-0.39, 0.29) is 5.69 Å². The van der Waals surface area contributed by atoms with Crippen molar-refractivity contribution < 1.29 is 9.90 Å². The van der Waals surface area contributed by atoms with Gasteiger partial charge in [-0.2, -0.15) is 5.26 Å². The Labute approximate surface area is 129 Å². The Hall–Kier alpha value is -2.81. The summed E-state index contributed by atoms with van der Waals surface area (Å²) < 4.78 is 1.61. The molecule has 0 radical (unpaired) electrons. The van der Waals surface area contributed by atoms with Crippen LogP contribution in [0.5, 0.6) is 0 Å². The highest BCUT2D eigenvalue weighted by Gasteiger charge is 2.16. The molecule has 2 rings (SSSR count). The smallest absolute Gasteiger partial charge is 0.356 e. The lowest BCUT2D eigenvalue weighted by molar-refractivity contribution is 0.0691. The van der Waals surface area contributed by atoms with Gasteiger partial charge in [0.25, 0.3) is 0 Å². The second-order valence-electron chi connectivity index (χ2n) is 5.42. The molecule has 22 heavy (non-hydrogen) atoms. The van der Waals surface area contributed by atoms with Crippen molar-refractivity contribution >= 4 is 11.7 Å². The average molecular weight is 298 g/mol. The molecule has 0 unspecified atom stereocenters. The molecule has 0 aliphatic heterocycles. The summed E-state index contributed by atoms with van der Waals surface area (Å²) >= 11 is 0. The van der Waals surface area contributed by atoms with E-state index in [9.17, 15) is 10.1 Å². The summed E-state index contributed by atoms with van der Waals surface area (Å²) in [4.78, 5) is 14.8. The van der Waals surface area contributed by atoms with Crippen molar-refractivity contribution in [2.24, 2.45) is 5.92 Å². The lowest BCUT2D eigenvalue weighted by Crippen LogP contribution is -2.06. The topological polar surface area (TPSA) is 90.9 Å². The van der Waals surface area contributed by atoms with Crippen molar-refractivity contribution in [3.05, 3.63) is 41.5 Å². The van der Waals surface area contributed by atoms with E-state index < -0.39 is 5.97 Å². The molecule has 0 fully saturated rings. The van der Waals surface area contributed by atoms with Crippen LogP contribution in [0.1, 0.15) is 35.5 Å². The molecule has 0 amide bonds. The molecular formula is C16H18N4O2. The van der Waals surface area contributed by atoms with Gasteiger partial charge in [0.1, 0.15) is 12.4 Å². The van der Waals surface area contributed by atoms with Gasteiger partial charge in [0.15, 0.2) is 5.69 Å². The largest absolute Gasteiger partial charge is 0.476 e. The predicted molar refractivity (Wildman–Crippen MR) is 83.3 cm³/mol. The van der Waals surface area contributed by atoms with E-state index >= 15 is 0 Å². The molecule has 1 aromatic heterocycles. The zero-order valence-corrected chi connectivity index (χ0v) is 12.8. The van der Waals surface area contributed by atoms with Crippen LogP contribution in [-0.4, -0.2) is 27.7 Å². The zero-order chi connectivity index (χ0) is 16.3. The standard InChI is InChI=1S/C16H18N4O2/c1-10(2)6-11-4-5-14(15(18-3)12(11)7-17)20-8-13(16(21)22)19-9-20/h4-5,8-10,18H,6H2,1-3H3,(H,21,22). The maximum absolute atomic E-state index is 11.0. The number of carboxylic acid groups (broad SMARTS) is 1. The molecule has 0 aliphatic rings. The molecule has 0 bridgehead atoms. The van der Waals surface area contributed by atoms with Gasteiger partial charge in [0.2, 0.25) is 0 Å². The van der Waals surface area contributed by atoms with Crippen molar-refractivity contribution in [1.82, 2.24) is 9.55 Å². The number of carbonyl (C=O) groups is 1. The van der Waals surface area contributed by atoms with E-state index in [0.717, 1.165) is 12.0 Å². The number of nitrogens with one attached hydrogen (secondary N) is 1. The Bertz CT molecular complexity index is 741. The van der Waals surface area contributed by atoms with Gasteiger partial charge in [0.05, 0.1) is 16.9 Å². The van der Waals surface area contributed by atoms with Crippen LogP contribution in [0.15, 0.2) is 24.7 Å². The van der Waals surface area contributed by atoms with Crippen molar-refractivity contribution in [2.75, 3.05) is 12.4 Å². The van der Waals surface area contributed by atoms with Crippen LogP contribution < -0.4 is 5.32 Å². The van der Waals surface area contributed by atoms with Gasteiger partial charge in [-0.1, -0.05) is 19.9 Å². The number of aromatic nitrogens is 2. The van der Waals surface area contributed by atoms with E-state index in [1.54, 1.807) is 11.6 Å². The average Bonchev–Trinajstić information content (AvgIpc) is 2.95. The van der Waals surface area contributed by atoms with E-state index in [1.807, 2.05) is 12.1 Å². The lowest BCUT2D eigenvalue weighted by atomic mass is 9.96. The molecule has 0 saturated carbocycles. The van der Waals surface area contributed by atoms with Crippen LogP contribution in [0.25, 0.3) is 5.69 Å². The minimum Gasteiger partial charge on any atom is -0.476 e. The number of rotatable bonds is 5. The Kier molecular flexibility index (Phi) is 4.47. The minimum absolute atomic E-state index is 0.0354. The third-order valence-corrected chi connectivity index (χ3v) is 3.34. The Morgan fingerprint density at radius 2 is 2.23 bits per heavy atom. The number of carboxylic acids is 1. The highest BCUT2D eigenvalue weighted by Crippen LogP contribution is 2.29. The fourth-order valence-electron chi connectivity index (χ4n) is 2.41. The Morgan fingerprint density at radius 1 is 1.50 bits per heavy atom. The van der Waals surface area contributed by atoms with E-state index in [2.05, 4.69) is 30.2 Å². The summed E-state index contributed by atoms with van der Waals surface area (Å²) in [5.41, 5.74) is 2.90. The van der Waals surface area contributed by atoms with Crippen LogP contribution in [0, 0.1) is 17.2 Å². The number of nitriles is 1. The molecule has 1 heterocycles. The Morgan fingerprint density at radius 3 is 2.73 bits per heavy atom. The second-order valence-corrected chi connectivity index (χ2v) is 5.42. The first-order chi connectivity index (χ1) is 10.5. The van der Waals surface area contributed by atoms with Crippen LogP contribution in [-0.2, 0) is 6.42 Å². The van der Waals surface area contributed by atoms with Gasteiger partial charge in [-0.15, -0.1) is 0 Å². The summed E-state index contributed by atoms with van der Waals surface area (Å²) in [5.74, 6) is -0.642. The summed E-state index contributed by atoms with van der Waals surface area (Å²) in [7, 11) is 1.74. The Balaban J connectivity index is 2.57. The van der Waals surface area contributed by atoms with E-state index in [1.165, 1.54) is 12.5 Å². The number of nitrogens with zero attached hydrogens (tertiary/aromatic N) is 3. The van der Waals surface area contributed by atoms with E-state index in [4.69, 9.17) is 5.11 Å². The normalized spacial score (nSPS) is 10.5. The third kappa shape index (κ3) is 2.93. The first kappa shape index (κ1) is 15.6. The molecular weight excluding hydrogens is 280 g/mol. The van der Waals surface area contributed by atoms with Crippen LogP contribution in [0.4, 0.5) is 5.69 Å². The van der Waals surface area contributed by atoms with Crippen molar-refractivity contribution in [2.45, 2.75) is 20.3 Å². The molecule has 1 aromatic carbocycles. The predicted octanol–water partition coefficient (Wildman–Crippen LogP) is 2.68. The molecule has 0 atom stereocenters. The van der Waals surface area contributed by atoms with Crippen molar-refractivity contribution in [3.63, 3.8) is 0 Å². The number of benzene rings is 1. The van der Waals surface area contributed by atoms with Gasteiger partial charge in [0, 0.05) is 13.2 Å². The van der Waals surface area contributed by atoms with Crippen LogP contribution in [0.2, 0.25) is 0 Å². The molecule has 6 heteroatoms. The van der Waals surface area contributed by atoms with Crippen molar-refractivity contribution in [1.29, 1.82) is 5.26 Å². The summed E-state index contributed by atoms with van der Waals surface area (Å²) in [6.07, 6.45) is 3.67. The first-order valence-electron chi connectivity index (χ1n) is 6.99. The molecule has 2 N–H and O–H groups in total. The highest BCUT2D eigenvalue weighted by atomic mass is 16.4. The number of aromatic carboxylic acids is 1. The van der Waals surface area contributed by atoms with Gasteiger partial charge in [-0.05, 0) is 24.0 Å². The zero-order valence-electron chi connectivity index (χ0n) is 12.8. The molecule has 114 valence electrons. The molecule has 0 aliphatic carbocycles.